The van der Waals surface area contributed by atoms with Gasteiger partial charge in [-0.15, -0.1) is 0 Å². The molecule has 1 N–H and O–H groups in total. The lowest BCUT2D eigenvalue weighted by Gasteiger charge is -2.59. The summed E-state index contributed by atoms with van der Waals surface area (Å²) in [6.07, 6.45) is 2.05. The molecule has 0 saturated carbocycles. The lowest BCUT2D eigenvalue weighted by Crippen LogP contribution is -2.83. The SMILES string of the molecule is Cl/C=C/C[N+]12CN3CC(CN(C3)C1)N2. The van der Waals surface area contributed by atoms with Crippen molar-refractivity contribution >= 4 is 11.6 Å². The molecule has 0 amide bonds. The highest BCUT2D eigenvalue weighted by atomic mass is 35.5. The van der Waals surface area contributed by atoms with E-state index in [1.165, 1.54) is 13.1 Å². The van der Waals surface area contributed by atoms with Gasteiger partial charge in [0.25, 0.3) is 0 Å². The molecule has 4 fully saturated rings. The van der Waals surface area contributed by atoms with Gasteiger partial charge in [0, 0.05) is 18.6 Å². The van der Waals surface area contributed by atoms with E-state index < -0.39 is 0 Å². The van der Waals surface area contributed by atoms with Gasteiger partial charge in [-0.3, -0.25) is 0 Å². The number of rotatable bonds is 2. The fourth-order valence-corrected chi connectivity index (χ4v) is 3.13. The van der Waals surface area contributed by atoms with Crippen molar-refractivity contribution in [3.63, 3.8) is 0 Å². The van der Waals surface area contributed by atoms with Gasteiger partial charge in [-0.2, -0.15) is 5.43 Å². The predicted molar refractivity (Wildman–Crippen MR) is 55.1 cm³/mol. The minimum absolute atomic E-state index is 0.648. The Hall–Kier alpha value is -0.130. The highest BCUT2D eigenvalue weighted by Gasteiger charge is 2.48. The predicted octanol–water partition coefficient (Wildman–Crippen LogP) is -0.0538. The molecular weight excluding hydrogens is 200 g/mol. The smallest absolute Gasteiger partial charge is 0.155 e. The molecule has 4 aliphatic heterocycles. The molecule has 78 valence electrons. The summed E-state index contributed by atoms with van der Waals surface area (Å²) in [5.41, 5.74) is 5.33. The Morgan fingerprint density at radius 3 is 2.64 bits per heavy atom. The van der Waals surface area contributed by atoms with Crippen LogP contribution in [-0.4, -0.2) is 60.1 Å². The molecular formula is C9H16ClN4+. The van der Waals surface area contributed by atoms with Crippen molar-refractivity contribution in [1.82, 2.24) is 15.2 Å². The van der Waals surface area contributed by atoms with Crippen molar-refractivity contribution in [2.24, 2.45) is 0 Å². The number of quaternary nitrogens is 1. The Balaban J connectivity index is 1.80. The van der Waals surface area contributed by atoms with Crippen LogP contribution in [0, 0.1) is 0 Å². The molecule has 5 heteroatoms. The molecule has 0 aliphatic carbocycles. The quantitative estimate of drug-likeness (QED) is 0.652. The van der Waals surface area contributed by atoms with E-state index in [0.29, 0.717) is 6.04 Å². The van der Waals surface area contributed by atoms with Crippen molar-refractivity contribution < 1.29 is 4.59 Å². The second-order valence-corrected chi connectivity index (χ2v) is 4.90. The number of halogens is 1. The molecule has 4 heterocycles. The van der Waals surface area contributed by atoms with Crippen molar-refractivity contribution in [3.05, 3.63) is 11.6 Å². The molecule has 0 aromatic carbocycles. The zero-order chi connectivity index (χ0) is 9.60. The first-order valence-corrected chi connectivity index (χ1v) is 5.57. The van der Waals surface area contributed by atoms with Crippen LogP contribution in [0.15, 0.2) is 11.6 Å². The summed E-state index contributed by atoms with van der Waals surface area (Å²) in [4.78, 5) is 5.05. The Labute approximate surface area is 89.3 Å². The third kappa shape index (κ3) is 1.38. The zero-order valence-corrected chi connectivity index (χ0v) is 8.95. The lowest BCUT2D eigenvalue weighted by atomic mass is 10.1. The van der Waals surface area contributed by atoms with Crippen LogP contribution in [0.25, 0.3) is 0 Å². The Morgan fingerprint density at radius 2 is 2.07 bits per heavy atom. The van der Waals surface area contributed by atoms with Crippen molar-refractivity contribution in [2.75, 3.05) is 39.6 Å². The summed E-state index contributed by atoms with van der Waals surface area (Å²) in [6, 6.07) is 0.648. The van der Waals surface area contributed by atoms with Crippen LogP contribution in [0.1, 0.15) is 0 Å². The number of nitrogens with one attached hydrogen (secondary N) is 1. The third-order valence-corrected chi connectivity index (χ3v) is 3.48. The molecule has 0 aromatic rings. The number of hydrogen-bond acceptors (Lipinski definition) is 3. The largest absolute Gasteiger partial charge is 0.240 e. The molecule has 0 spiro atoms. The first-order valence-electron chi connectivity index (χ1n) is 5.13. The summed E-state index contributed by atoms with van der Waals surface area (Å²) in [6.45, 7) is 6.81. The van der Waals surface area contributed by atoms with E-state index >= 15 is 0 Å². The summed E-state index contributed by atoms with van der Waals surface area (Å²) < 4.78 is 0.966. The van der Waals surface area contributed by atoms with Gasteiger partial charge in [0.1, 0.15) is 6.54 Å². The summed E-state index contributed by atoms with van der Waals surface area (Å²) in [5, 5.41) is 0. The fourth-order valence-electron chi connectivity index (χ4n) is 3.06. The van der Waals surface area contributed by atoms with Gasteiger partial charge in [-0.25, -0.2) is 14.4 Å². The van der Waals surface area contributed by atoms with Gasteiger partial charge >= 0.3 is 0 Å². The van der Waals surface area contributed by atoms with Gasteiger partial charge < -0.3 is 0 Å². The molecule has 4 saturated heterocycles. The van der Waals surface area contributed by atoms with Gasteiger partial charge in [0.05, 0.1) is 12.7 Å². The van der Waals surface area contributed by atoms with Crippen molar-refractivity contribution in [2.45, 2.75) is 6.04 Å². The lowest BCUT2D eigenvalue weighted by molar-refractivity contribution is -1.00. The average molecular weight is 216 g/mol. The Bertz CT molecular complexity index is 230. The van der Waals surface area contributed by atoms with E-state index in [0.717, 1.165) is 31.1 Å². The van der Waals surface area contributed by atoms with Crippen molar-refractivity contribution in [1.29, 1.82) is 0 Å². The topological polar surface area (TPSA) is 18.5 Å². The minimum atomic E-state index is 0.648. The second kappa shape index (κ2) is 3.18. The minimum Gasteiger partial charge on any atom is -0.240 e. The van der Waals surface area contributed by atoms with Crippen LogP contribution < -0.4 is 5.43 Å². The molecule has 4 bridgehead atoms. The van der Waals surface area contributed by atoms with Gasteiger partial charge in [0.2, 0.25) is 0 Å². The van der Waals surface area contributed by atoms with Crippen molar-refractivity contribution in [3.8, 4) is 0 Å². The van der Waals surface area contributed by atoms with Crippen LogP contribution in [0.5, 0.6) is 0 Å². The zero-order valence-electron chi connectivity index (χ0n) is 8.19. The standard InChI is InChI=1S/C9H16ClN4/c10-2-1-3-14-7-12-4-9(11-14)5-13(6-12)8-14/h1-2,9,11H,3-8H2/q+1/b2-1+. The molecule has 4 rings (SSSR count). The van der Waals surface area contributed by atoms with Crippen LogP contribution >= 0.6 is 11.6 Å². The monoisotopic (exact) mass is 215 g/mol. The fraction of sp³-hybridized carbons (Fsp3) is 0.778. The number of nitrogens with zero attached hydrogens (tertiary/aromatic N) is 3. The summed E-state index contributed by atoms with van der Waals surface area (Å²) >= 11 is 5.60. The second-order valence-electron chi connectivity index (χ2n) is 4.65. The van der Waals surface area contributed by atoms with E-state index in [1.54, 1.807) is 5.54 Å². The average Bonchev–Trinajstić information content (AvgIpc) is 2.12. The molecule has 4 aliphatic rings. The van der Waals surface area contributed by atoms with Crippen LogP contribution in [0.3, 0.4) is 0 Å². The number of hydrogen-bond donors (Lipinski definition) is 1. The molecule has 2 atom stereocenters. The molecule has 0 radical (unpaired) electrons. The van der Waals surface area contributed by atoms with E-state index in [4.69, 9.17) is 11.6 Å². The third-order valence-electron chi connectivity index (χ3n) is 3.30. The molecule has 2 unspecified atom stereocenters. The summed E-state index contributed by atoms with van der Waals surface area (Å²) in [7, 11) is 0. The van der Waals surface area contributed by atoms with Gasteiger partial charge in [-0.1, -0.05) is 11.6 Å². The van der Waals surface area contributed by atoms with E-state index in [1.807, 2.05) is 6.08 Å². The highest BCUT2D eigenvalue weighted by molar-refractivity contribution is 6.25. The molecule has 0 aromatic heterocycles. The Morgan fingerprint density at radius 1 is 1.36 bits per heavy atom. The van der Waals surface area contributed by atoms with Crippen LogP contribution in [0.4, 0.5) is 0 Å². The van der Waals surface area contributed by atoms with E-state index in [9.17, 15) is 0 Å². The van der Waals surface area contributed by atoms with Gasteiger partial charge in [0.15, 0.2) is 13.3 Å². The Kier molecular flexibility index (Phi) is 2.07. The maximum Gasteiger partial charge on any atom is 0.155 e. The maximum atomic E-state index is 5.60. The van der Waals surface area contributed by atoms with Crippen LogP contribution in [-0.2, 0) is 0 Å². The van der Waals surface area contributed by atoms with E-state index in [2.05, 4.69) is 15.2 Å². The van der Waals surface area contributed by atoms with Crippen LogP contribution in [0.2, 0.25) is 0 Å². The van der Waals surface area contributed by atoms with Gasteiger partial charge in [-0.05, 0) is 6.08 Å². The first kappa shape index (κ1) is 9.12. The maximum absolute atomic E-state index is 5.60. The molecule has 4 nitrogen and oxygen atoms in total. The van der Waals surface area contributed by atoms with E-state index in [-0.39, 0.29) is 0 Å². The normalized spacial score (nSPS) is 50.5. The first-order chi connectivity index (χ1) is 6.80. The summed E-state index contributed by atoms with van der Waals surface area (Å²) in [5.74, 6) is 0. The molecule has 14 heavy (non-hydrogen) atoms. The highest BCUT2D eigenvalue weighted by Crippen LogP contribution is 2.25.